The molecule has 4 N–H and O–H groups in total. The Morgan fingerprint density at radius 2 is 1.97 bits per heavy atom. The second kappa shape index (κ2) is 9.30. The molecule has 0 bridgehead atoms. The van der Waals surface area contributed by atoms with Crippen molar-refractivity contribution in [2.75, 3.05) is 7.05 Å². The van der Waals surface area contributed by atoms with E-state index in [0.717, 1.165) is 6.21 Å². The maximum absolute atomic E-state index is 13.6. The van der Waals surface area contributed by atoms with E-state index in [2.05, 4.69) is 15.6 Å². The first-order chi connectivity index (χ1) is 14.7. The van der Waals surface area contributed by atoms with E-state index in [1.807, 2.05) is 0 Å². The Hall–Kier alpha value is -3.20. The molecule has 1 aliphatic carbocycles. The Balaban J connectivity index is 1.89. The zero-order chi connectivity index (χ0) is 22.6. The molecule has 9 heteroatoms. The summed E-state index contributed by atoms with van der Waals surface area (Å²) < 4.78 is 27.1. The van der Waals surface area contributed by atoms with E-state index in [0.29, 0.717) is 5.56 Å². The van der Waals surface area contributed by atoms with E-state index in [-0.39, 0.29) is 29.8 Å². The van der Waals surface area contributed by atoms with Crippen molar-refractivity contribution in [2.24, 2.45) is 5.92 Å². The van der Waals surface area contributed by atoms with Crippen molar-refractivity contribution in [3.8, 4) is 0 Å². The normalized spacial score (nSPS) is 19.3. The lowest BCUT2D eigenvalue weighted by Gasteiger charge is -2.21. The van der Waals surface area contributed by atoms with Crippen LogP contribution in [0.4, 0.5) is 8.78 Å². The molecular formula is C22H24F2N4O3. The lowest BCUT2D eigenvalue weighted by molar-refractivity contribution is 0.00433. The molecule has 0 radical (unpaired) electrons. The maximum Gasteiger partial charge on any atom is 0.269 e. The molecule has 1 unspecified atom stereocenters. The van der Waals surface area contributed by atoms with Crippen LogP contribution in [0.1, 0.15) is 57.5 Å². The first-order valence-corrected chi connectivity index (χ1v) is 9.90. The van der Waals surface area contributed by atoms with Gasteiger partial charge >= 0.3 is 0 Å². The summed E-state index contributed by atoms with van der Waals surface area (Å²) in [6.45, 7) is 0. The van der Waals surface area contributed by atoms with Crippen LogP contribution < -0.4 is 10.6 Å². The van der Waals surface area contributed by atoms with Gasteiger partial charge in [-0.2, -0.15) is 0 Å². The number of rotatable bonds is 7. The van der Waals surface area contributed by atoms with E-state index in [4.69, 9.17) is 5.41 Å². The number of hydrogen-bond acceptors (Lipinski definition) is 5. The van der Waals surface area contributed by atoms with Crippen LogP contribution in [-0.4, -0.2) is 47.1 Å². The van der Waals surface area contributed by atoms with Gasteiger partial charge in [0, 0.05) is 31.7 Å². The van der Waals surface area contributed by atoms with Crippen LogP contribution in [0.2, 0.25) is 0 Å². The van der Waals surface area contributed by atoms with Crippen LogP contribution in [0.5, 0.6) is 0 Å². The number of aromatic nitrogens is 1. The standard InChI is InChI=1S/C22H24F2N4O3/c1-26-21(31)17-10-15(9-16(27-17)19(29)13-5-3-2-4-6-13)20(30)28-18(12-25)14-7-8-22(23,24)11-14/h2-6,9-10,12,14,18-19,25,29H,7-8,11H2,1H3,(H,26,31)(H,28,30)/t14-,18+,19?/m0/s1. The number of carbonyl (C=O) groups is 2. The van der Waals surface area contributed by atoms with Crippen molar-refractivity contribution >= 4 is 18.0 Å². The van der Waals surface area contributed by atoms with E-state index >= 15 is 0 Å². The van der Waals surface area contributed by atoms with Gasteiger partial charge in [-0.05, 0) is 30.0 Å². The summed E-state index contributed by atoms with van der Waals surface area (Å²) in [4.78, 5) is 29.2. The van der Waals surface area contributed by atoms with E-state index in [9.17, 15) is 23.5 Å². The summed E-state index contributed by atoms with van der Waals surface area (Å²) in [5.41, 5.74) is 0.589. The highest BCUT2D eigenvalue weighted by Crippen LogP contribution is 2.40. The van der Waals surface area contributed by atoms with Gasteiger partial charge in [0.15, 0.2) is 0 Å². The molecule has 3 rings (SSSR count). The summed E-state index contributed by atoms with van der Waals surface area (Å²) in [5.74, 6) is -4.54. The second-order valence-corrected chi connectivity index (χ2v) is 7.58. The topological polar surface area (TPSA) is 115 Å². The molecule has 1 aliphatic rings. The Labute approximate surface area is 178 Å². The molecule has 2 aromatic rings. The number of alkyl halides is 2. The summed E-state index contributed by atoms with van der Waals surface area (Å²) in [7, 11) is 1.41. The molecule has 164 valence electrons. The number of halogens is 2. The van der Waals surface area contributed by atoms with Gasteiger partial charge in [0.25, 0.3) is 11.8 Å². The molecule has 7 nitrogen and oxygen atoms in total. The van der Waals surface area contributed by atoms with E-state index in [1.54, 1.807) is 30.3 Å². The van der Waals surface area contributed by atoms with Gasteiger partial charge in [-0.15, -0.1) is 0 Å². The highest BCUT2D eigenvalue weighted by Gasteiger charge is 2.42. The van der Waals surface area contributed by atoms with Crippen molar-refractivity contribution in [1.82, 2.24) is 15.6 Å². The van der Waals surface area contributed by atoms with Gasteiger partial charge < -0.3 is 21.1 Å². The lowest BCUT2D eigenvalue weighted by atomic mass is 9.98. The van der Waals surface area contributed by atoms with Crippen LogP contribution in [0.15, 0.2) is 42.5 Å². The van der Waals surface area contributed by atoms with Crippen LogP contribution in [-0.2, 0) is 0 Å². The number of hydrogen-bond donors (Lipinski definition) is 4. The number of nitrogens with one attached hydrogen (secondary N) is 3. The molecular weight excluding hydrogens is 406 g/mol. The van der Waals surface area contributed by atoms with Crippen LogP contribution in [0, 0.1) is 11.3 Å². The minimum atomic E-state index is -2.80. The Kier molecular flexibility index (Phi) is 6.74. The number of aliphatic hydroxyl groups is 1. The SMILES string of the molecule is CNC(=O)c1cc(C(=O)N[C@H](C=N)[C@H]2CCC(F)(F)C2)cc(C(O)c2ccccc2)n1. The fourth-order valence-electron chi connectivity index (χ4n) is 3.69. The van der Waals surface area contributed by atoms with Crippen molar-refractivity contribution in [3.63, 3.8) is 0 Å². The van der Waals surface area contributed by atoms with Crippen molar-refractivity contribution in [3.05, 3.63) is 65.0 Å². The molecule has 0 spiro atoms. The zero-order valence-corrected chi connectivity index (χ0v) is 16.9. The Morgan fingerprint density at radius 1 is 1.26 bits per heavy atom. The number of benzene rings is 1. The average Bonchev–Trinajstić information content (AvgIpc) is 3.15. The fourth-order valence-corrected chi connectivity index (χ4v) is 3.69. The predicted molar refractivity (Wildman–Crippen MR) is 110 cm³/mol. The van der Waals surface area contributed by atoms with Gasteiger partial charge in [0.05, 0.1) is 11.7 Å². The van der Waals surface area contributed by atoms with Gasteiger partial charge in [0.1, 0.15) is 11.8 Å². The number of pyridine rings is 1. The molecule has 1 saturated carbocycles. The number of carbonyl (C=O) groups excluding carboxylic acids is 2. The molecule has 1 fully saturated rings. The Morgan fingerprint density at radius 3 is 2.55 bits per heavy atom. The molecule has 1 aromatic heterocycles. The number of amides is 2. The van der Waals surface area contributed by atoms with Gasteiger partial charge in [-0.3, -0.25) is 9.59 Å². The van der Waals surface area contributed by atoms with E-state index < -0.39 is 42.2 Å². The second-order valence-electron chi connectivity index (χ2n) is 7.58. The molecule has 3 atom stereocenters. The van der Waals surface area contributed by atoms with Crippen LogP contribution >= 0.6 is 0 Å². The van der Waals surface area contributed by atoms with Gasteiger partial charge in [0.2, 0.25) is 5.92 Å². The Bertz CT molecular complexity index is 968. The van der Waals surface area contributed by atoms with Crippen LogP contribution in [0.3, 0.4) is 0 Å². The third-order valence-corrected chi connectivity index (χ3v) is 5.39. The van der Waals surface area contributed by atoms with E-state index in [1.165, 1.54) is 19.2 Å². The third kappa shape index (κ3) is 5.29. The number of aliphatic hydroxyl groups excluding tert-OH is 1. The number of nitrogens with zero attached hydrogens (tertiary/aromatic N) is 1. The largest absolute Gasteiger partial charge is 0.382 e. The molecule has 0 aliphatic heterocycles. The zero-order valence-electron chi connectivity index (χ0n) is 16.9. The summed E-state index contributed by atoms with van der Waals surface area (Å²) >= 11 is 0. The first-order valence-electron chi connectivity index (χ1n) is 9.90. The summed E-state index contributed by atoms with van der Waals surface area (Å²) in [6.07, 6.45) is -0.702. The molecule has 31 heavy (non-hydrogen) atoms. The quantitative estimate of drug-likeness (QED) is 0.506. The minimum Gasteiger partial charge on any atom is -0.382 e. The van der Waals surface area contributed by atoms with Crippen molar-refractivity contribution < 1.29 is 23.5 Å². The highest BCUT2D eigenvalue weighted by molar-refractivity contribution is 5.99. The molecule has 0 saturated heterocycles. The van der Waals surface area contributed by atoms with Crippen molar-refractivity contribution in [2.45, 2.75) is 37.3 Å². The summed E-state index contributed by atoms with van der Waals surface area (Å²) in [5, 5.41) is 23.3. The molecule has 2 amide bonds. The van der Waals surface area contributed by atoms with Gasteiger partial charge in [-0.25, -0.2) is 13.8 Å². The van der Waals surface area contributed by atoms with Crippen LogP contribution in [0.25, 0.3) is 0 Å². The molecule has 1 aromatic carbocycles. The highest BCUT2D eigenvalue weighted by atomic mass is 19.3. The fraction of sp³-hybridized carbons (Fsp3) is 0.364. The van der Waals surface area contributed by atoms with Gasteiger partial charge in [-0.1, -0.05) is 30.3 Å². The third-order valence-electron chi connectivity index (χ3n) is 5.39. The minimum absolute atomic E-state index is 0.0372. The first kappa shape index (κ1) is 22.5. The molecule has 1 heterocycles. The lowest BCUT2D eigenvalue weighted by Crippen LogP contribution is -2.41. The van der Waals surface area contributed by atoms with Crippen molar-refractivity contribution in [1.29, 1.82) is 5.41 Å². The average molecular weight is 430 g/mol. The smallest absolute Gasteiger partial charge is 0.269 e. The monoisotopic (exact) mass is 430 g/mol. The maximum atomic E-state index is 13.6. The summed E-state index contributed by atoms with van der Waals surface area (Å²) in [6, 6.07) is 10.4. The predicted octanol–water partition coefficient (Wildman–Crippen LogP) is 2.71.